The molecule has 0 spiro atoms. The largest absolute Gasteiger partial charge is 0.370 e. The SMILES string of the molecule is C=C(N[C@H](C)C(C)C)N1CC2C(C1)C2(F)F. The van der Waals surface area contributed by atoms with Crippen LogP contribution in [0.2, 0.25) is 0 Å². The van der Waals surface area contributed by atoms with Crippen LogP contribution in [0.15, 0.2) is 12.4 Å². The van der Waals surface area contributed by atoms with Crippen molar-refractivity contribution in [2.24, 2.45) is 17.8 Å². The number of piperidine rings is 1. The number of alkyl halides is 2. The first kappa shape index (κ1) is 11.7. The van der Waals surface area contributed by atoms with Gasteiger partial charge < -0.3 is 10.2 Å². The van der Waals surface area contributed by atoms with Crippen LogP contribution < -0.4 is 5.32 Å². The summed E-state index contributed by atoms with van der Waals surface area (Å²) in [6.07, 6.45) is 0. The van der Waals surface area contributed by atoms with Gasteiger partial charge in [0, 0.05) is 19.1 Å². The Labute approximate surface area is 95.7 Å². The van der Waals surface area contributed by atoms with Gasteiger partial charge in [-0.15, -0.1) is 0 Å². The maximum atomic E-state index is 13.0. The Hall–Kier alpha value is -0.800. The predicted molar refractivity (Wildman–Crippen MR) is 60.1 cm³/mol. The highest BCUT2D eigenvalue weighted by Gasteiger charge is 2.71. The van der Waals surface area contributed by atoms with Crippen LogP contribution in [0.5, 0.6) is 0 Å². The number of fused-ring (bicyclic) bond motifs is 1. The van der Waals surface area contributed by atoms with Gasteiger partial charge in [-0.2, -0.15) is 0 Å². The van der Waals surface area contributed by atoms with Gasteiger partial charge in [-0.3, -0.25) is 0 Å². The summed E-state index contributed by atoms with van der Waals surface area (Å²) in [6, 6.07) is 0.324. The van der Waals surface area contributed by atoms with Gasteiger partial charge in [0.15, 0.2) is 0 Å². The van der Waals surface area contributed by atoms with Crippen LogP contribution in [-0.2, 0) is 0 Å². The molecule has 1 N–H and O–H groups in total. The Morgan fingerprint density at radius 3 is 2.25 bits per heavy atom. The first-order valence-electron chi connectivity index (χ1n) is 5.92. The van der Waals surface area contributed by atoms with Crippen LogP contribution in [0.1, 0.15) is 20.8 Å². The zero-order valence-corrected chi connectivity index (χ0v) is 10.1. The van der Waals surface area contributed by atoms with Crippen molar-refractivity contribution < 1.29 is 8.78 Å². The first-order valence-corrected chi connectivity index (χ1v) is 5.92. The van der Waals surface area contributed by atoms with E-state index in [0.717, 1.165) is 5.82 Å². The van der Waals surface area contributed by atoms with Crippen molar-refractivity contribution in [2.45, 2.75) is 32.7 Å². The number of nitrogens with one attached hydrogen (secondary N) is 1. The molecule has 0 aromatic carbocycles. The number of hydrogen-bond acceptors (Lipinski definition) is 2. The molecule has 1 aliphatic carbocycles. The summed E-state index contributed by atoms with van der Waals surface area (Å²) < 4.78 is 26.0. The minimum Gasteiger partial charge on any atom is -0.370 e. The number of rotatable bonds is 4. The number of halogens is 2. The van der Waals surface area contributed by atoms with Crippen molar-refractivity contribution in [3.05, 3.63) is 12.4 Å². The molecule has 0 radical (unpaired) electrons. The minimum atomic E-state index is -2.40. The molecule has 16 heavy (non-hydrogen) atoms. The minimum absolute atomic E-state index is 0.324. The molecule has 0 aromatic rings. The lowest BCUT2D eigenvalue weighted by atomic mass is 10.1. The molecule has 2 unspecified atom stereocenters. The average molecular weight is 230 g/mol. The smallest absolute Gasteiger partial charge is 0.258 e. The molecular formula is C12H20F2N2. The zero-order valence-electron chi connectivity index (χ0n) is 10.1. The quantitative estimate of drug-likeness (QED) is 0.797. The summed E-state index contributed by atoms with van der Waals surface area (Å²) in [4.78, 5) is 1.95. The number of likely N-dealkylation sites (tertiary alicyclic amines) is 1. The van der Waals surface area contributed by atoms with E-state index in [-0.39, 0.29) is 0 Å². The van der Waals surface area contributed by atoms with Gasteiger partial charge in [0.25, 0.3) is 5.92 Å². The highest BCUT2D eigenvalue weighted by Crippen LogP contribution is 2.59. The van der Waals surface area contributed by atoms with E-state index in [1.165, 1.54) is 0 Å². The average Bonchev–Trinajstić information content (AvgIpc) is 2.62. The predicted octanol–water partition coefficient (Wildman–Crippen LogP) is 2.29. The standard InChI is InChI=1S/C12H20F2N2/c1-7(2)8(3)15-9(4)16-5-10-11(6-16)12(10,13)14/h7-8,10-11,15H,4-6H2,1-3H3/t8-,10?,11?/m1/s1. The molecular weight excluding hydrogens is 210 g/mol. The molecule has 4 heteroatoms. The molecule has 0 amide bonds. The van der Waals surface area contributed by atoms with Crippen molar-refractivity contribution in [3.63, 3.8) is 0 Å². The Morgan fingerprint density at radius 2 is 1.81 bits per heavy atom. The molecule has 2 rings (SSSR count). The van der Waals surface area contributed by atoms with E-state index in [1.807, 2.05) is 4.90 Å². The molecule has 1 saturated carbocycles. The lowest BCUT2D eigenvalue weighted by molar-refractivity contribution is 0.0580. The molecule has 2 nitrogen and oxygen atoms in total. The zero-order chi connectivity index (χ0) is 12.1. The molecule has 0 bridgehead atoms. The molecule has 0 aromatic heterocycles. The lowest BCUT2D eigenvalue weighted by Gasteiger charge is -2.29. The Morgan fingerprint density at radius 1 is 1.31 bits per heavy atom. The highest BCUT2D eigenvalue weighted by atomic mass is 19.3. The van der Waals surface area contributed by atoms with Gasteiger partial charge in [0.2, 0.25) is 0 Å². The van der Waals surface area contributed by atoms with E-state index in [1.54, 1.807) is 0 Å². The van der Waals surface area contributed by atoms with Crippen molar-refractivity contribution in [1.82, 2.24) is 10.2 Å². The fraction of sp³-hybridized carbons (Fsp3) is 0.833. The van der Waals surface area contributed by atoms with E-state index >= 15 is 0 Å². The van der Waals surface area contributed by atoms with Crippen molar-refractivity contribution in [2.75, 3.05) is 13.1 Å². The first-order chi connectivity index (χ1) is 7.34. The third-order valence-corrected chi connectivity index (χ3v) is 3.98. The van der Waals surface area contributed by atoms with E-state index in [4.69, 9.17) is 0 Å². The maximum Gasteiger partial charge on any atom is 0.258 e. The third-order valence-electron chi connectivity index (χ3n) is 3.98. The second-order valence-corrected chi connectivity index (χ2v) is 5.42. The second-order valence-electron chi connectivity index (χ2n) is 5.42. The summed E-state index contributed by atoms with van der Waals surface area (Å²) in [5, 5.41) is 3.28. The summed E-state index contributed by atoms with van der Waals surface area (Å²) in [7, 11) is 0. The van der Waals surface area contributed by atoms with Crippen LogP contribution in [0.4, 0.5) is 8.78 Å². The molecule has 1 saturated heterocycles. The Balaban J connectivity index is 1.81. The van der Waals surface area contributed by atoms with E-state index in [2.05, 4.69) is 32.7 Å². The van der Waals surface area contributed by atoms with E-state index in [0.29, 0.717) is 25.0 Å². The molecule has 1 heterocycles. The van der Waals surface area contributed by atoms with Gasteiger partial charge in [0.05, 0.1) is 17.7 Å². The third kappa shape index (κ3) is 1.78. The fourth-order valence-corrected chi connectivity index (χ4v) is 2.25. The second kappa shape index (κ2) is 3.60. The summed E-state index contributed by atoms with van der Waals surface area (Å²) >= 11 is 0. The van der Waals surface area contributed by atoms with Crippen molar-refractivity contribution >= 4 is 0 Å². The van der Waals surface area contributed by atoms with Gasteiger partial charge in [-0.25, -0.2) is 8.78 Å². The summed E-state index contributed by atoms with van der Waals surface area (Å²) in [5.41, 5.74) is 0. The molecule has 3 atom stereocenters. The van der Waals surface area contributed by atoms with Gasteiger partial charge in [-0.05, 0) is 12.8 Å². The topological polar surface area (TPSA) is 15.3 Å². The van der Waals surface area contributed by atoms with Gasteiger partial charge >= 0.3 is 0 Å². The number of hydrogen-bond donors (Lipinski definition) is 1. The molecule has 2 fully saturated rings. The summed E-state index contributed by atoms with van der Waals surface area (Å²) in [6.45, 7) is 11.2. The van der Waals surface area contributed by atoms with Crippen LogP contribution >= 0.6 is 0 Å². The lowest BCUT2D eigenvalue weighted by Crippen LogP contribution is -2.39. The molecule has 92 valence electrons. The Bertz CT molecular complexity index is 287. The van der Waals surface area contributed by atoms with Gasteiger partial charge in [0.1, 0.15) is 0 Å². The fourth-order valence-electron chi connectivity index (χ4n) is 2.25. The Kier molecular flexibility index (Phi) is 2.63. The van der Waals surface area contributed by atoms with Gasteiger partial charge in [-0.1, -0.05) is 20.4 Å². The normalized spacial score (nSPS) is 32.5. The highest BCUT2D eigenvalue weighted by molar-refractivity contribution is 5.15. The van der Waals surface area contributed by atoms with Crippen LogP contribution in [-0.4, -0.2) is 30.0 Å². The van der Waals surface area contributed by atoms with E-state index in [9.17, 15) is 8.78 Å². The van der Waals surface area contributed by atoms with Crippen LogP contribution in [0, 0.1) is 17.8 Å². The maximum absolute atomic E-state index is 13.0. The molecule has 1 aliphatic heterocycles. The van der Waals surface area contributed by atoms with Crippen LogP contribution in [0.25, 0.3) is 0 Å². The van der Waals surface area contributed by atoms with Crippen LogP contribution in [0.3, 0.4) is 0 Å². The van der Waals surface area contributed by atoms with Crippen molar-refractivity contribution in [1.29, 1.82) is 0 Å². The monoisotopic (exact) mass is 230 g/mol. The summed E-state index contributed by atoms with van der Waals surface area (Å²) in [5.74, 6) is -1.96. The molecule has 2 aliphatic rings. The number of nitrogens with zero attached hydrogens (tertiary/aromatic N) is 1. The van der Waals surface area contributed by atoms with E-state index < -0.39 is 17.8 Å². The van der Waals surface area contributed by atoms with Crippen molar-refractivity contribution in [3.8, 4) is 0 Å².